The summed E-state index contributed by atoms with van der Waals surface area (Å²) in [5, 5.41) is 0. The van der Waals surface area contributed by atoms with Gasteiger partial charge in [-0.1, -0.05) is 44.2 Å². The van der Waals surface area contributed by atoms with Crippen LogP contribution in [0, 0.1) is 5.92 Å². The van der Waals surface area contributed by atoms with E-state index in [1.165, 1.54) is 5.56 Å². The van der Waals surface area contributed by atoms with Crippen LogP contribution in [0.15, 0.2) is 30.3 Å². The molecule has 0 saturated carbocycles. The lowest BCUT2D eigenvalue weighted by Crippen LogP contribution is -2.26. The molecule has 0 bridgehead atoms. The molecule has 1 aromatic carbocycles. The zero-order valence-corrected chi connectivity index (χ0v) is 8.73. The fourth-order valence-electron chi connectivity index (χ4n) is 1.78. The van der Waals surface area contributed by atoms with E-state index in [0.717, 1.165) is 6.42 Å². The monoisotopic (exact) mass is 191 g/mol. The van der Waals surface area contributed by atoms with Crippen molar-refractivity contribution in [3.05, 3.63) is 35.9 Å². The highest BCUT2D eigenvalue weighted by Crippen LogP contribution is 2.27. The van der Waals surface area contributed by atoms with Crippen LogP contribution in [0.3, 0.4) is 0 Å². The van der Waals surface area contributed by atoms with Gasteiger partial charge in [0.05, 0.1) is 0 Å². The minimum absolute atomic E-state index is 0.0950. The van der Waals surface area contributed by atoms with Gasteiger partial charge in [0.1, 0.15) is 0 Å². The summed E-state index contributed by atoms with van der Waals surface area (Å²) in [4.78, 5) is 11.1. The molecular weight excluding hydrogens is 174 g/mol. The fraction of sp³-hybridized carbons (Fsp3) is 0.417. The van der Waals surface area contributed by atoms with E-state index in [1.54, 1.807) is 0 Å². The second-order valence-electron chi connectivity index (χ2n) is 3.62. The van der Waals surface area contributed by atoms with Crippen LogP contribution >= 0.6 is 0 Å². The lowest BCUT2D eigenvalue weighted by molar-refractivity contribution is -0.122. The molecule has 14 heavy (non-hydrogen) atoms. The zero-order chi connectivity index (χ0) is 10.6. The molecule has 0 aliphatic carbocycles. The first-order chi connectivity index (χ1) is 6.66. The molecule has 2 atom stereocenters. The van der Waals surface area contributed by atoms with Gasteiger partial charge in [0, 0.05) is 5.92 Å². The second kappa shape index (κ2) is 4.80. The summed E-state index contributed by atoms with van der Waals surface area (Å²) in [6.45, 7) is 3.97. The Morgan fingerprint density at radius 2 is 1.93 bits per heavy atom. The van der Waals surface area contributed by atoms with Crippen molar-refractivity contribution < 1.29 is 4.79 Å². The first-order valence-corrected chi connectivity index (χ1v) is 5.01. The van der Waals surface area contributed by atoms with E-state index in [-0.39, 0.29) is 17.7 Å². The van der Waals surface area contributed by atoms with Crippen molar-refractivity contribution in [1.82, 2.24) is 0 Å². The predicted molar refractivity (Wildman–Crippen MR) is 57.8 cm³/mol. The summed E-state index contributed by atoms with van der Waals surface area (Å²) in [6.07, 6.45) is 0.939. The maximum Gasteiger partial charge on any atom is 0.220 e. The Morgan fingerprint density at radius 1 is 1.36 bits per heavy atom. The van der Waals surface area contributed by atoms with Crippen LogP contribution in [0.1, 0.15) is 31.7 Å². The molecule has 1 aromatic rings. The lowest BCUT2D eigenvalue weighted by atomic mass is 9.85. The highest BCUT2D eigenvalue weighted by Gasteiger charge is 2.21. The Hall–Kier alpha value is -1.31. The number of nitrogens with two attached hydrogens (primary N) is 1. The second-order valence-corrected chi connectivity index (χ2v) is 3.62. The zero-order valence-electron chi connectivity index (χ0n) is 8.73. The summed E-state index contributed by atoms with van der Waals surface area (Å²) in [5.74, 6) is -0.0724. The minimum Gasteiger partial charge on any atom is -0.369 e. The number of rotatable bonds is 4. The average molecular weight is 191 g/mol. The molecule has 1 rings (SSSR count). The molecule has 2 nitrogen and oxygen atoms in total. The predicted octanol–water partition coefficient (Wildman–Crippen LogP) is 2.30. The van der Waals surface area contributed by atoms with Crippen LogP contribution in [-0.4, -0.2) is 5.91 Å². The maximum atomic E-state index is 11.1. The Kier molecular flexibility index (Phi) is 3.69. The average Bonchev–Trinajstić information content (AvgIpc) is 2.20. The number of carbonyl (C=O) groups is 1. The summed E-state index contributed by atoms with van der Waals surface area (Å²) in [5.41, 5.74) is 6.51. The molecular formula is C12H17NO. The highest BCUT2D eigenvalue weighted by molar-refractivity contribution is 5.77. The smallest absolute Gasteiger partial charge is 0.220 e. The SMILES string of the molecule is CCC(c1ccccc1)C(C)C(N)=O. The summed E-state index contributed by atoms with van der Waals surface area (Å²) >= 11 is 0. The number of hydrogen-bond acceptors (Lipinski definition) is 1. The van der Waals surface area contributed by atoms with Crippen molar-refractivity contribution in [3.63, 3.8) is 0 Å². The van der Waals surface area contributed by atoms with Gasteiger partial charge >= 0.3 is 0 Å². The summed E-state index contributed by atoms with van der Waals surface area (Å²) < 4.78 is 0. The van der Waals surface area contributed by atoms with E-state index in [2.05, 4.69) is 6.92 Å². The van der Waals surface area contributed by atoms with Crippen LogP contribution in [0.4, 0.5) is 0 Å². The summed E-state index contributed by atoms with van der Waals surface area (Å²) in [6, 6.07) is 10.1. The molecule has 0 fully saturated rings. The molecule has 0 radical (unpaired) electrons. The third kappa shape index (κ3) is 2.34. The molecule has 2 heteroatoms. The molecule has 0 spiro atoms. The van der Waals surface area contributed by atoms with E-state index < -0.39 is 0 Å². The fourth-order valence-corrected chi connectivity index (χ4v) is 1.78. The molecule has 0 heterocycles. The van der Waals surface area contributed by atoms with Crippen molar-refractivity contribution in [2.45, 2.75) is 26.2 Å². The van der Waals surface area contributed by atoms with E-state index in [0.29, 0.717) is 0 Å². The Balaban J connectivity index is 2.87. The molecule has 0 aromatic heterocycles. The molecule has 1 amide bonds. The third-order valence-electron chi connectivity index (χ3n) is 2.72. The molecule has 0 saturated heterocycles. The molecule has 2 N–H and O–H groups in total. The number of hydrogen-bond donors (Lipinski definition) is 1. The maximum absolute atomic E-state index is 11.1. The first kappa shape index (κ1) is 10.8. The van der Waals surface area contributed by atoms with Gasteiger partial charge < -0.3 is 5.73 Å². The van der Waals surface area contributed by atoms with Gasteiger partial charge in [-0.3, -0.25) is 4.79 Å². The van der Waals surface area contributed by atoms with Crippen LogP contribution < -0.4 is 5.73 Å². The Labute approximate surface area is 85.1 Å². The van der Waals surface area contributed by atoms with Crippen molar-refractivity contribution in [1.29, 1.82) is 0 Å². The lowest BCUT2D eigenvalue weighted by Gasteiger charge is -2.20. The Bertz CT molecular complexity index is 294. The number of carbonyl (C=O) groups excluding carboxylic acids is 1. The number of primary amides is 1. The molecule has 0 aliphatic rings. The van der Waals surface area contributed by atoms with Crippen molar-refractivity contribution in [2.24, 2.45) is 11.7 Å². The van der Waals surface area contributed by atoms with Crippen molar-refractivity contribution >= 4 is 5.91 Å². The van der Waals surface area contributed by atoms with Crippen LogP contribution in [0.5, 0.6) is 0 Å². The van der Waals surface area contributed by atoms with Gasteiger partial charge in [0.2, 0.25) is 5.91 Å². The van der Waals surface area contributed by atoms with E-state index in [9.17, 15) is 4.79 Å². The van der Waals surface area contributed by atoms with Gasteiger partial charge in [-0.05, 0) is 17.9 Å². The van der Waals surface area contributed by atoms with E-state index in [4.69, 9.17) is 5.73 Å². The van der Waals surface area contributed by atoms with Crippen LogP contribution in [0.2, 0.25) is 0 Å². The topological polar surface area (TPSA) is 43.1 Å². The normalized spacial score (nSPS) is 14.7. The Morgan fingerprint density at radius 3 is 2.36 bits per heavy atom. The largest absolute Gasteiger partial charge is 0.369 e. The van der Waals surface area contributed by atoms with Crippen LogP contribution in [-0.2, 0) is 4.79 Å². The first-order valence-electron chi connectivity index (χ1n) is 5.01. The number of amides is 1. The molecule has 0 aliphatic heterocycles. The van der Waals surface area contributed by atoms with Gasteiger partial charge in [-0.2, -0.15) is 0 Å². The van der Waals surface area contributed by atoms with E-state index >= 15 is 0 Å². The van der Waals surface area contributed by atoms with Crippen molar-refractivity contribution in [2.75, 3.05) is 0 Å². The minimum atomic E-state index is -0.222. The van der Waals surface area contributed by atoms with Crippen molar-refractivity contribution in [3.8, 4) is 0 Å². The van der Waals surface area contributed by atoms with Crippen LogP contribution in [0.25, 0.3) is 0 Å². The summed E-state index contributed by atoms with van der Waals surface area (Å²) in [7, 11) is 0. The quantitative estimate of drug-likeness (QED) is 0.779. The van der Waals surface area contributed by atoms with E-state index in [1.807, 2.05) is 37.3 Å². The number of benzene rings is 1. The van der Waals surface area contributed by atoms with Gasteiger partial charge in [-0.15, -0.1) is 0 Å². The van der Waals surface area contributed by atoms with Gasteiger partial charge in [0.25, 0.3) is 0 Å². The third-order valence-corrected chi connectivity index (χ3v) is 2.72. The highest BCUT2D eigenvalue weighted by atomic mass is 16.1. The van der Waals surface area contributed by atoms with Gasteiger partial charge in [-0.25, -0.2) is 0 Å². The van der Waals surface area contributed by atoms with Gasteiger partial charge in [0.15, 0.2) is 0 Å². The molecule has 76 valence electrons. The standard InChI is InChI=1S/C12H17NO/c1-3-11(9(2)12(13)14)10-7-5-4-6-8-10/h4-9,11H,3H2,1-2H3,(H2,13,14). The molecule has 2 unspecified atom stereocenters.